The summed E-state index contributed by atoms with van der Waals surface area (Å²) in [5.74, 6) is 0.415. The third-order valence-electron chi connectivity index (χ3n) is 6.37. The molecule has 3 aromatic carbocycles. The number of hydrogen-bond donors (Lipinski definition) is 0. The van der Waals surface area contributed by atoms with Crippen LogP contribution in [0.2, 0.25) is 0 Å². The van der Waals surface area contributed by atoms with E-state index in [2.05, 4.69) is 0 Å². The van der Waals surface area contributed by atoms with Crippen LogP contribution in [0.15, 0.2) is 60.7 Å². The lowest BCUT2D eigenvalue weighted by Gasteiger charge is -2.38. The Morgan fingerprint density at radius 3 is 2.50 bits per heavy atom. The lowest BCUT2D eigenvalue weighted by molar-refractivity contribution is 0.0664. The van der Waals surface area contributed by atoms with Crippen LogP contribution in [0.5, 0.6) is 5.75 Å². The summed E-state index contributed by atoms with van der Waals surface area (Å²) >= 11 is 0. The highest BCUT2D eigenvalue weighted by atomic mass is 32.2. The molecule has 0 aliphatic carbocycles. The molecule has 6 nitrogen and oxygen atoms in total. The minimum absolute atomic E-state index is 0.0200. The van der Waals surface area contributed by atoms with E-state index in [9.17, 15) is 13.2 Å². The van der Waals surface area contributed by atoms with Gasteiger partial charge in [-0.15, -0.1) is 0 Å². The van der Waals surface area contributed by atoms with Gasteiger partial charge in [-0.05, 0) is 35.4 Å². The van der Waals surface area contributed by atoms with E-state index < -0.39 is 10.1 Å². The van der Waals surface area contributed by atoms with Crippen molar-refractivity contribution in [2.24, 2.45) is 0 Å². The molecule has 1 amide bonds. The summed E-state index contributed by atoms with van der Waals surface area (Å²) in [7, 11) is -3.60. The highest BCUT2D eigenvalue weighted by molar-refractivity contribution is 7.85. The van der Waals surface area contributed by atoms with Crippen molar-refractivity contribution in [3.63, 3.8) is 0 Å². The fourth-order valence-electron chi connectivity index (χ4n) is 5.00. The zero-order valence-corrected chi connectivity index (χ0v) is 18.7. The van der Waals surface area contributed by atoms with Gasteiger partial charge in [-0.1, -0.05) is 54.6 Å². The standard InChI is InChI=1S/C25H25NO5S/c1-32(28,29)31-16-21-22-12-7-13-26(22)25(27)20-14-23(30-15-17-8-3-2-4-9-17)18-10-5-6-11-19(18)24(20)21/h2-6,8-11,14,21-22H,7,12-13,15-16H2,1H3. The normalized spacial score (nSPS) is 20.3. The molecule has 2 aliphatic rings. The van der Waals surface area contributed by atoms with Gasteiger partial charge in [0, 0.05) is 29.5 Å². The van der Waals surface area contributed by atoms with Crippen LogP contribution < -0.4 is 4.74 Å². The van der Waals surface area contributed by atoms with Gasteiger partial charge in [0.2, 0.25) is 0 Å². The second-order valence-electron chi connectivity index (χ2n) is 8.46. The van der Waals surface area contributed by atoms with Gasteiger partial charge in [0.25, 0.3) is 16.0 Å². The molecule has 0 N–H and O–H groups in total. The van der Waals surface area contributed by atoms with Gasteiger partial charge in [-0.25, -0.2) is 0 Å². The number of amides is 1. The Labute approximate surface area is 187 Å². The highest BCUT2D eigenvalue weighted by Crippen LogP contribution is 2.45. The molecule has 7 heteroatoms. The maximum atomic E-state index is 13.4. The van der Waals surface area contributed by atoms with E-state index >= 15 is 0 Å². The molecule has 2 atom stereocenters. The first-order valence-corrected chi connectivity index (χ1v) is 12.6. The highest BCUT2D eigenvalue weighted by Gasteiger charge is 2.44. The molecular weight excluding hydrogens is 426 g/mol. The van der Waals surface area contributed by atoms with Crippen molar-refractivity contribution < 1.29 is 22.1 Å². The average Bonchev–Trinajstić information content (AvgIpc) is 3.28. The van der Waals surface area contributed by atoms with E-state index in [0.717, 1.165) is 41.0 Å². The zero-order chi connectivity index (χ0) is 22.3. The van der Waals surface area contributed by atoms with Crippen molar-refractivity contribution >= 4 is 26.8 Å². The first-order valence-electron chi connectivity index (χ1n) is 10.8. The average molecular weight is 452 g/mol. The van der Waals surface area contributed by atoms with Gasteiger partial charge < -0.3 is 9.64 Å². The smallest absolute Gasteiger partial charge is 0.264 e. The van der Waals surface area contributed by atoms with Gasteiger partial charge in [0.15, 0.2) is 0 Å². The molecule has 0 bridgehead atoms. The van der Waals surface area contributed by atoms with E-state index in [-0.39, 0.29) is 24.5 Å². The largest absolute Gasteiger partial charge is 0.488 e. The molecule has 166 valence electrons. The minimum atomic E-state index is -3.60. The number of ether oxygens (including phenoxy) is 1. The second kappa shape index (κ2) is 8.22. The Hall–Kier alpha value is -2.90. The van der Waals surface area contributed by atoms with Crippen molar-refractivity contribution in [1.29, 1.82) is 0 Å². The fraction of sp³-hybridized carbons (Fsp3) is 0.320. The van der Waals surface area contributed by atoms with Crippen molar-refractivity contribution in [2.45, 2.75) is 31.4 Å². The second-order valence-corrected chi connectivity index (χ2v) is 10.1. The Morgan fingerprint density at radius 2 is 1.75 bits per heavy atom. The number of carbonyl (C=O) groups excluding carboxylic acids is 1. The van der Waals surface area contributed by atoms with Gasteiger partial charge in [-0.2, -0.15) is 8.42 Å². The summed E-state index contributed by atoms with van der Waals surface area (Å²) in [5.41, 5.74) is 2.48. The monoisotopic (exact) mass is 451 g/mol. The van der Waals surface area contributed by atoms with Crippen LogP contribution in [-0.4, -0.2) is 44.7 Å². The quantitative estimate of drug-likeness (QED) is 0.528. The predicted octanol–water partition coefficient (Wildman–Crippen LogP) is 4.10. The Kier molecular flexibility index (Phi) is 5.39. The molecular formula is C25H25NO5S. The number of benzene rings is 3. The molecule has 5 rings (SSSR count). The summed E-state index contributed by atoms with van der Waals surface area (Å²) in [6.07, 6.45) is 2.80. The Bertz CT molecular complexity index is 1270. The zero-order valence-electron chi connectivity index (χ0n) is 17.9. The van der Waals surface area contributed by atoms with Gasteiger partial charge in [-0.3, -0.25) is 8.98 Å². The molecule has 1 fully saturated rings. The van der Waals surface area contributed by atoms with Gasteiger partial charge in [0.05, 0.1) is 12.9 Å². The molecule has 3 aromatic rings. The van der Waals surface area contributed by atoms with Crippen LogP contribution in [0.3, 0.4) is 0 Å². The summed E-state index contributed by atoms with van der Waals surface area (Å²) in [4.78, 5) is 15.3. The topological polar surface area (TPSA) is 72.9 Å². The maximum absolute atomic E-state index is 13.4. The van der Waals surface area contributed by atoms with Crippen LogP contribution in [0.4, 0.5) is 0 Å². The van der Waals surface area contributed by atoms with Gasteiger partial charge in [0.1, 0.15) is 12.4 Å². The van der Waals surface area contributed by atoms with Crippen LogP contribution >= 0.6 is 0 Å². The summed E-state index contributed by atoms with van der Waals surface area (Å²) in [6.45, 7) is 1.09. The number of carbonyl (C=O) groups is 1. The minimum Gasteiger partial charge on any atom is -0.488 e. The van der Waals surface area contributed by atoms with Crippen molar-refractivity contribution in [1.82, 2.24) is 4.90 Å². The van der Waals surface area contributed by atoms with E-state index in [1.807, 2.05) is 65.6 Å². The summed E-state index contributed by atoms with van der Waals surface area (Å²) < 4.78 is 35.0. The molecule has 2 heterocycles. The summed E-state index contributed by atoms with van der Waals surface area (Å²) in [5, 5.41) is 1.82. The van der Waals surface area contributed by atoms with E-state index in [1.54, 1.807) is 0 Å². The molecule has 0 aromatic heterocycles. The lowest BCUT2D eigenvalue weighted by Crippen LogP contribution is -2.45. The van der Waals surface area contributed by atoms with E-state index in [0.29, 0.717) is 24.5 Å². The molecule has 2 aliphatic heterocycles. The summed E-state index contributed by atoms with van der Waals surface area (Å²) in [6, 6.07) is 19.5. The maximum Gasteiger partial charge on any atom is 0.264 e. The first kappa shape index (κ1) is 21.0. The van der Waals surface area contributed by atoms with E-state index in [1.165, 1.54) is 0 Å². The van der Waals surface area contributed by atoms with Crippen LogP contribution in [0, 0.1) is 0 Å². The Morgan fingerprint density at radius 1 is 1.03 bits per heavy atom. The molecule has 1 saturated heterocycles. The first-order chi connectivity index (χ1) is 15.4. The number of nitrogens with zero attached hydrogens (tertiary/aromatic N) is 1. The van der Waals surface area contributed by atoms with Crippen LogP contribution in [0.1, 0.15) is 40.2 Å². The number of hydrogen-bond acceptors (Lipinski definition) is 5. The molecule has 32 heavy (non-hydrogen) atoms. The van der Waals surface area contributed by atoms with Crippen LogP contribution in [0.25, 0.3) is 10.8 Å². The number of fused-ring (bicyclic) bond motifs is 4. The molecule has 0 spiro atoms. The van der Waals surface area contributed by atoms with Crippen molar-refractivity contribution in [2.75, 3.05) is 19.4 Å². The number of rotatable bonds is 6. The SMILES string of the molecule is CS(=O)(=O)OCC1c2c(cc(OCc3ccccc3)c3ccccc23)C(=O)N2CCCC12. The predicted molar refractivity (Wildman–Crippen MR) is 122 cm³/mol. The van der Waals surface area contributed by atoms with E-state index in [4.69, 9.17) is 8.92 Å². The van der Waals surface area contributed by atoms with Crippen LogP contribution in [-0.2, 0) is 20.9 Å². The van der Waals surface area contributed by atoms with Gasteiger partial charge >= 0.3 is 0 Å². The molecule has 2 unspecified atom stereocenters. The molecule has 0 saturated carbocycles. The third kappa shape index (κ3) is 3.87. The van der Waals surface area contributed by atoms with Crippen molar-refractivity contribution in [3.8, 4) is 5.75 Å². The Balaban J connectivity index is 1.62. The third-order valence-corrected chi connectivity index (χ3v) is 6.94. The lowest BCUT2D eigenvalue weighted by atomic mass is 9.80. The van der Waals surface area contributed by atoms with Crippen molar-refractivity contribution in [3.05, 3.63) is 77.4 Å². The molecule has 0 radical (unpaired) electrons. The fourth-order valence-corrected chi connectivity index (χ4v) is 5.39.